The van der Waals surface area contributed by atoms with Crippen molar-refractivity contribution in [1.29, 1.82) is 5.26 Å². The van der Waals surface area contributed by atoms with Crippen LogP contribution in [0.15, 0.2) is 0 Å². The zero-order valence-corrected chi connectivity index (χ0v) is 15.8. The van der Waals surface area contributed by atoms with E-state index in [0.717, 1.165) is 24.2 Å². The van der Waals surface area contributed by atoms with Crippen molar-refractivity contribution in [3.8, 4) is 6.07 Å². The topological polar surface area (TPSA) is 129 Å². The predicted octanol–water partition coefficient (Wildman–Crippen LogP) is 0.983. The molecular formula is C18H26N4O5. The average molecular weight is 378 g/mol. The molecule has 9 nitrogen and oxygen atoms in total. The van der Waals surface area contributed by atoms with Crippen molar-refractivity contribution in [1.82, 2.24) is 15.5 Å². The summed E-state index contributed by atoms with van der Waals surface area (Å²) in [5.41, 5.74) is -1.80. The molecule has 4 amide bonds. The summed E-state index contributed by atoms with van der Waals surface area (Å²) < 4.78 is 4.93. The molecule has 0 spiro atoms. The highest BCUT2D eigenvalue weighted by molar-refractivity contribution is 6.06. The Hall–Kier alpha value is -2.63. The molecular weight excluding hydrogens is 352 g/mol. The average Bonchev–Trinajstić information content (AvgIpc) is 2.82. The van der Waals surface area contributed by atoms with Crippen LogP contribution in [0.5, 0.6) is 0 Å². The summed E-state index contributed by atoms with van der Waals surface area (Å²) in [4.78, 5) is 48.6. The van der Waals surface area contributed by atoms with Gasteiger partial charge in [0, 0.05) is 13.0 Å². The number of carbonyl (C=O) groups excluding carboxylic acids is 4. The summed E-state index contributed by atoms with van der Waals surface area (Å²) in [6, 6.07) is 1.69. The van der Waals surface area contributed by atoms with Crippen LogP contribution in [-0.4, -0.2) is 52.9 Å². The summed E-state index contributed by atoms with van der Waals surface area (Å²) >= 11 is 0. The van der Waals surface area contributed by atoms with Crippen LogP contribution in [0.2, 0.25) is 0 Å². The van der Waals surface area contributed by atoms with Crippen molar-refractivity contribution in [2.24, 2.45) is 0 Å². The van der Waals surface area contributed by atoms with Crippen LogP contribution in [0.3, 0.4) is 0 Å². The molecule has 148 valence electrons. The highest BCUT2D eigenvalue weighted by atomic mass is 16.5. The molecule has 0 aromatic heterocycles. The number of hydrogen-bond donors (Lipinski definition) is 2. The molecule has 27 heavy (non-hydrogen) atoms. The number of ether oxygens (including phenoxy) is 1. The number of nitrogens with one attached hydrogen (secondary N) is 2. The summed E-state index contributed by atoms with van der Waals surface area (Å²) in [6.45, 7) is 2.88. The lowest BCUT2D eigenvalue weighted by Crippen LogP contribution is -2.50. The number of nitrogens with zero attached hydrogens (tertiary/aromatic N) is 2. The molecule has 1 aliphatic carbocycles. The van der Waals surface area contributed by atoms with Crippen molar-refractivity contribution < 1.29 is 23.9 Å². The first-order valence-corrected chi connectivity index (χ1v) is 9.21. The molecule has 0 atom stereocenters. The maximum absolute atomic E-state index is 12.0. The Labute approximate surface area is 158 Å². The molecule has 2 fully saturated rings. The van der Waals surface area contributed by atoms with Gasteiger partial charge in [0.1, 0.15) is 11.1 Å². The van der Waals surface area contributed by atoms with Gasteiger partial charge in [-0.05, 0) is 33.1 Å². The van der Waals surface area contributed by atoms with Crippen LogP contribution in [0.1, 0.15) is 58.8 Å². The van der Waals surface area contributed by atoms with Gasteiger partial charge in [-0.15, -0.1) is 0 Å². The third-order valence-electron chi connectivity index (χ3n) is 4.87. The number of imide groups is 1. The smallest absolute Gasteiger partial charge is 0.325 e. The van der Waals surface area contributed by atoms with Gasteiger partial charge in [0.25, 0.3) is 11.8 Å². The summed E-state index contributed by atoms with van der Waals surface area (Å²) in [5, 5.41) is 14.6. The van der Waals surface area contributed by atoms with E-state index < -0.39 is 35.6 Å². The quantitative estimate of drug-likeness (QED) is 0.502. The molecule has 0 bridgehead atoms. The molecule has 2 N–H and O–H groups in total. The van der Waals surface area contributed by atoms with Crippen LogP contribution >= 0.6 is 0 Å². The Morgan fingerprint density at radius 3 is 2.48 bits per heavy atom. The van der Waals surface area contributed by atoms with Crippen LogP contribution < -0.4 is 10.6 Å². The van der Waals surface area contributed by atoms with E-state index in [0.29, 0.717) is 12.8 Å². The molecule has 1 saturated heterocycles. The van der Waals surface area contributed by atoms with Gasteiger partial charge in [-0.3, -0.25) is 19.3 Å². The van der Waals surface area contributed by atoms with Gasteiger partial charge in [-0.25, -0.2) is 4.79 Å². The summed E-state index contributed by atoms with van der Waals surface area (Å²) in [6.07, 6.45) is 4.24. The van der Waals surface area contributed by atoms with E-state index in [4.69, 9.17) is 4.74 Å². The van der Waals surface area contributed by atoms with E-state index in [1.54, 1.807) is 13.8 Å². The minimum Gasteiger partial charge on any atom is -0.456 e. The van der Waals surface area contributed by atoms with E-state index in [-0.39, 0.29) is 25.3 Å². The largest absolute Gasteiger partial charge is 0.456 e. The molecule has 2 rings (SSSR count). The molecule has 9 heteroatoms. The second kappa shape index (κ2) is 8.37. The third kappa shape index (κ3) is 5.18. The monoisotopic (exact) mass is 378 g/mol. The fourth-order valence-electron chi connectivity index (χ4n) is 3.34. The van der Waals surface area contributed by atoms with E-state index in [2.05, 4.69) is 16.7 Å². The fraction of sp³-hybridized carbons (Fsp3) is 0.722. The van der Waals surface area contributed by atoms with E-state index in [9.17, 15) is 24.4 Å². The van der Waals surface area contributed by atoms with Gasteiger partial charge in [-0.2, -0.15) is 5.26 Å². The number of nitriles is 1. The number of esters is 1. The standard InChI is InChI=1S/C18H26N4O5/c1-17(2)15(25)22(16(26)21-17)10-6-7-14(24)27-11-13(23)20-18(12-19)8-4-3-5-9-18/h3-11H2,1-2H3,(H,20,23)(H,21,26). The first-order valence-electron chi connectivity index (χ1n) is 9.21. The number of amides is 4. The third-order valence-corrected chi connectivity index (χ3v) is 4.87. The molecule has 0 aromatic carbocycles. The second-order valence-electron chi connectivity index (χ2n) is 7.58. The highest BCUT2D eigenvalue weighted by Gasteiger charge is 2.43. The predicted molar refractivity (Wildman–Crippen MR) is 94.1 cm³/mol. The number of urea groups is 1. The molecule has 2 aliphatic rings. The van der Waals surface area contributed by atoms with Gasteiger partial charge in [0.2, 0.25) is 0 Å². The highest BCUT2D eigenvalue weighted by Crippen LogP contribution is 2.27. The van der Waals surface area contributed by atoms with E-state index in [1.165, 1.54) is 0 Å². The Kier molecular flexibility index (Phi) is 6.41. The fourth-order valence-corrected chi connectivity index (χ4v) is 3.34. The second-order valence-corrected chi connectivity index (χ2v) is 7.58. The molecule has 1 heterocycles. The molecule has 0 unspecified atom stereocenters. The van der Waals surface area contributed by atoms with Crippen molar-refractivity contribution in [2.45, 2.75) is 69.9 Å². The lowest BCUT2D eigenvalue weighted by molar-refractivity contribution is -0.149. The van der Waals surface area contributed by atoms with Crippen molar-refractivity contribution >= 4 is 23.8 Å². The Morgan fingerprint density at radius 1 is 1.26 bits per heavy atom. The molecule has 0 radical (unpaired) electrons. The van der Waals surface area contributed by atoms with E-state index in [1.807, 2.05) is 0 Å². The molecule has 1 saturated carbocycles. The van der Waals surface area contributed by atoms with Gasteiger partial charge < -0.3 is 15.4 Å². The summed E-state index contributed by atoms with van der Waals surface area (Å²) in [7, 11) is 0. The van der Waals surface area contributed by atoms with Gasteiger partial charge >= 0.3 is 12.0 Å². The Morgan fingerprint density at radius 2 is 1.93 bits per heavy atom. The zero-order chi connectivity index (χ0) is 20.1. The van der Waals surface area contributed by atoms with E-state index >= 15 is 0 Å². The van der Waals surface area contributed by atoms with Crippen LogP contribution in [0.25, 0.3) is 0 Å². The normalized spacial score (nSPS) is 20.6. The lowest BCUT2D eigenvalue weighted by atomic mass is 9.83. The van der Waals surface area contributed by atoms with Gasteiger partial charge in [-0.1, -0.05) is 19.3 Å². The first kappa shape index (κ1) is 20.7. The van der Waals surface area contributed by atoms with Gasteiger partial charge in [0.05, 0.1) is 6.07 Å². The number of hydrogen-bond acceptors (Lipinski definition) is 6. The Balaban J connectivity index is 1.69. The van der Waals surface area contributed by atoms with Gasteiger partial charge in [0.15, 0.2) is 6.61 Å². The van der Waals surface area contributed by atoms with Crippen molar-refractivity contribution in [3.63, 3.8) is 0 Å². The van der Waals surface area contributed by atoms with Crippen LogP contribution in [0.4, 0.5) is 4.79 Å². The lowest BCUT2D eigenvalue weighted by Gasteiger charge is -2.31. The van der Waals surface area contributed by atoms with Crippen LogP contribution in [0, 0.1) is 11.3 Å². The Bertz CT molecular complexity index is 661. The number of rotatable bonds is 7. The minimum absolute atomic E-state index is 0.0197. The zero-order valence-electron chi connectivity index (χ0n) is 15.8. The summed E-state index contributed by atoms with van der Waals surface area (Å²) in [5.74, 6) is -1.43. The van der Waals surface area contributed by atoms with Crippen molar-refractivity contribution in [2.75, 3.05) is 13.2 Å². The first-order chi connectivity index (χ1) is 12.7. The molecule has 0 aromatic rings. The van der Waals surface area contributed by atoms with Crippen LogP contribution in [-0.2, 0) is 19.1 Å². The maximum Gasteiger partial charge on any atom is 0.325 e. The minimum atomic E-state index is -0.939. The number of carbonyl (C=O) groups is 4. The van der Waals surface area contributed by atoms with Crippen molar-refractivity contribution in [3.05, 3.63) is 0 Å². The molecule has 1 aliphatic heterocycles. The maximum atomic E-state index is 12.0. The SMILES string of the molecule is CC1(C)NC(=O)N(CCCC(=O)OCC(=O)NC2(C#N)CCCCC2)C1=O.